The fraction of sp³-hybridized carbons (Fsp3) is 1.00. The van der Waals surface area contributed by atoms with Gasteiger partial charge in [-0.3, -0.25) is 4.90 Å². The molecule has 0 amide bonds. The molecule has 1 aliphatic rings. The summed E-state index contributed by atoms with van der Waals surface area (Å²) >= 11 is 0. The average Bonchev–Trinajstić information content (AvgIpc) is 3.36. The van der Waals surface area contributed by atoms with Crippen molar-refractivity contribution in [2.24, 2.45) is 0 Å². The molecule has 0 aliphatic carbocycles. The maximum absolute atomic E-state index is 5.98. The first-order chi connectivity index (χ1) is 11.8. The van der Waals surface area contributed by atoms with Gasteiger partial charge in [-0.1, -0.05) is 97.8 Å². The Morgan fingerprint density at radius 1 is 0.583 bits per heavy atom. The summed E-state index contributed by atoms with van der Waals surface area (Å²) in [7, 11) is 0. The van der Waals surface area contributed by atoms with E-state index in [1.165, 1.54) is 109 Å². The number of epoxide rings is 1. The number of hydrogen-bond donors (Lipinski definition) is 0. The van der Waals surface area contributed by atoms with Gasteiger partial charge in [0.25, 0.3) is 0 Å². The third-order valence-corrected chi connectivity index (χ3v) is 5.36. The van der Waals surface area contributed by atoms with E-state index in [0.29, 0.717) is 12.3 Å². The summed E-state index contributed by atoms with van der Waals surface area (Å²) in [6, 6.07) is 0. The van der Waals surface area contributed by atoms with Crippen LogP contribution in [0.1, 0.15) is 117 Å². The lowest BCUT2D eigenvalue weighted by molar-refractivity contribution is 0.170. The first-order valence-corrected chi connectivity index (χ1v) is 11.2. The predicted molar refractivity (Wildman–Crippen MR) is 107 cm³/mol. The molecule has 1 saturated heterocycles. The minimum atomic E-state index is 0.460. The molecule has 0 saturated carbocycles. The molecule has 144 valence electrons. The number of unbranched alkanes of at least 4 members (excludes halogenated alkanes) is 11. The van der Waals surface area contributed by atoms with Crippen LogP contribution in [0.25, 0.3) is 0 Å². The molecule has 0 aromatic rings. The highest BCUT2D eigenvalue weighted by molar-refractivity contribution is 4.85. The topological polar surface area (TPSA) is 15.8 Å². The summed E-state index contributed by atoms with van der Waals surface area (Å²) in [5.74, 6) is 0. The zero-order valence-electron chi connectivity index (χ0n) is 17.0. The number of nitrogens with zero attached hydrogens (tertiary/aromatic N) is 1. The Hall–Kier alpha value is -0.0800. The molecule has 0 radical (unpaired) electrons. The smallest absolute Gasteiger partial charge is 0.137 e. The summed E-state index contributed by atoms with van der Waals surface area (Å²) in [6.45, 7) is 9.33. The highest BCUT2D eigenvalue weighted by atomic mass is 16.6. The van der Waals surface area contributed by atoms with Crippen LogP contribution in [-0.2, 0) is 4.74 Å². The Bertz CT molecular complexity index is 261. The van der Waals surface area contributed by atoms with Gasteiger partial charge in [0.15, 0.2) is 0 Å². The van der Waals surface area contributed by atoms with Gasteiger partial charge < -0.3 is 4.74 Å². The highest BCUT2D eigenvalue weighted by Crippen LogP contribution is 2.31. The lowest BCUT2D eigenvalue weighted by Gasteiger charge is -2.19. The van der Waals surface area contributed by atoms with Gasteiger partial charge in [0.1, 0.15) is 6.23 Å². The highest BCUT2D eigenvalue weighted by Gasteiger charge is 2.42. The largest absolute Gasteiger partial charge is 0.353 e. The second kappa shape index (κ2) is 15.2. The molecule has 2 nitrogen and oxygen atoms in total. The van der Waals surface area contributed by atoms with Crippen molar-refractivity contribution in [3.63, 3.8) is 0 Å². The summed E-state index contributed by atoms with van der Waals surface area (Å²) in [5, 5.41) is 0. The van der Waals surface area contributed by atoms with Crippen LogP contribution in [0.15, 0.2) is 0 Å². The molecule has 0 aromatic carbocycles. The minimum Gasteiger partial charge on any atom is -0.353 e. The second-order valence-electron chi connectivity index (χ2n) is 7.78. The zero-order valence-corrected chi connectivity index (χ0v) is 17.0. The molecular weight excluding hydrogens is 294 g/mol. The molecule has 1 fully saturated rings. The fourth-order valence-electron chi connectivity index (χ4n) is 3.59. The van der Waals surface area contributed by atoms with Crippen LogP contribution in [0.2, 0.25) is 0 Å². The van der Waals surface area contributed by atoms with Crippen LogP contribution in [-0.4, -0.2) is 30.3 Å². The van der Waals surface area contributed by atoms with Crippen molar-refractivity contribution < 1.29 is 4.74 Å². The number of hydrogen-bond acceptors (Lipinski definition) is 2. The van der Waals surface area contributed by atoms with Crippen LogP contribution in [0, 0.1) is 0 Å². The van der Waals surface area contributed by atoms with Gasteiger partial charge in [-0.15, -0.1) is 0 Å². The predicted octanol–water partition coefficient (Wildman–Crippen LogP) is 6.92. The van der Waals surface area contributed by atoms with Crippen LogP contribution < -0.4 is 0 Å². The lowest BCUT2D eigenvalue weighted by atomic mass is 10.1. The van der Waals surface area contributed by atoms with Crippen molar-refractivity contribution >= 4 is 0 Å². The quantitative estimate of drug-likeness (QED) is 0.199. The van der Waals surface area contributed by atoms with E-state index in [1.54, 1.807) is 0 Å². The van der Waals surface area contributed by atoms with Crippen molar-refractivity contribution in [3.8, 4) is 0 Å². The number of rotatable bonds is 18. The van der Waals surface area contributed by atoms with Gasteiger partial charge >= 0.3 is 0 Å². The van der Waals surface area contributed by atoms with E-state index < -0.39 is 0 Å². The molecule has 24 heavy (non-hydrogen) atoms. The van der Waals surface area contributed by atoms with Crippen LogP contribution >= 0.6 is 0 Å². The molecule has 2 unspecified atom stereocenters. The van der Waals surface area contributed by atoms with Crippen molar-refractivity contribution in [1.82, 2.24) is 4.90 Å². The van der Waals surface area contributed by atoms with Gasteiger partial charge in [-0.05, 0) is 19.3 Å². The summed E-state index contributed by atoms with van der Waals surface area (Å²) in [4.78, 5) is 2.61. The second-order valence-corrected chi connectivity index (χ2v) is 7.78. The van der Waals surface area contributed by atoms with E-state index in [2.05, 4.69) is 25.7 Å². The Labute approximate surface area is 152 Å². The van der Waals surface area contributed by atoms with Crippen LogP contribution in [0.4, 0.5) is 0 Å². The van der Waals surface area contributed by atoms with Crippen LogP contribution in [0.3, 0.4) is 0 Å². The van der Waals surface area contributed by atoms with Gasteiger partial charge in [-0.25, -0.2) is 0 Å². The molecule has 1 heterocycles. The van der Waals surface area contributed by atoms with Gasteiger partial charge in [0.05, 0.1) is 6.10 Å². The molecule has 0 N–H and O–H groups in total. The third-order valence-electron chi connectivity index (χ3n) is 5.36. The number of ether oxygens (including phenoxy) is 1. The maximum atomic E-state index is 5.98. The van der Waals surface area contributed by atoms with E-state index in [1.807, 2.05) is 0 Å². The Morgan fingerprint density at radius 3 is 1.54 bits per heavy atom. The monoisotopic (exact) mass is 339 g/mol. The van der Waals surface area contributed by atoms with Gasteiger partial charge in [0.2, 0.25) is 0 Å². The molecule has 0 aromatic heterocycles. The summed E-state index contributed by atoms with van der Waals surface area (Å²) < 4.78 is 5.98. The SMILES string of the molecule is CCCCCCCCCCCCC1OC1N(CCCC)CCCC. The minimum absolute atomic E-state index is 0.460. The first-order valence-electron chi connectivity index (χ1n) is 11.2. The van der Waals surface area contributed by atoms with E-state index in [0.717, 1.165) is 0 Å². The van der Waals surface area contributed by atoms with Crippen molar-refractivity contribution in [3.05, 3.63) is 0 Å². The van der Waals surface area contributed by atoms with E-state index >= 15 is 0 Å². The lowest BCUT2D eigenvalue weighted by Crippen LogP contribution is -2.30. The van der Waals surface area contributed by atoms with E-state index in [-0.39, 0.29) is 0 Å². The molecule has 1 rings (SSSR count). The molecule has 0 bridgehead atoms. The van der Waals surface area contributed by atoms with Gasteiger partial charge in [-0.2, -0.15) is 0 Å². The molecule has 2 atom stereocenters. The average molecular weight is 340 g/mol. The Morgan fingerprint density at radius 2 is 1.04 bits per heavy atom. The van der Waals surface area contributed by atoms with Crippen molar-refractivity contribution in [2.75, 3.05) is 13.1 Å². The molecule has 1 aliphatic heterocycles. The standard InChI is InChI=1S/C22H45NO/c1-4-7-10-11-12-13-14-15-16-17-18-21-22(24-21)23(19-8-5-2)20-9-6-3/h21-22H,4-20H2,1-3H3. The van der Waals surface area contributed by atoms with Gasteiger partial charge in [0, 0.05) is 13.1 Å². The van der Waals surface area contributed by atoms with Crippen molar-refractivity contribution in [2.45, 2.75) is 129 Å². The Kier molecular flexibility index (Phi) is 13.9. The normalized spacial score (nSPS) is 20.0. The van der Waals surface area contributed by atoms with E-state index in [4.69, 9.17) is 4.74 Å². The molecule has 0 spiro atoms. The fourth-order valence-corrected chi connectivity index (χ4v) is 3.59. The van der Waals surface area contributed by atoms with Crippen molar-refractivity contribution in [1.29, 1.82) is 0 Å². The summed E-state index contributed by atoms with van der Waals surface area (Å²) in [6.07, 6.45) is 21.8. The Balaban J connectivity index is 1.94. The maximum Gasteiger partial charge on any atom is 0.137 e. The molecular formula is C22H45NO. The molecule has 2 heteroatoms. The van der Waals surface area contributed by atoms with E-state index in [9.17, 15) is 0 Å². The van der Waals surface area contributed by atoms with Crippen LogP contribution in [0.5, 0.6) is 0 Å². The zero-order chi connectivity index (χ0) is 17.5. The first kappa shape index (κ1) is 22.0. The summed E-state index contributed by atoms with van der Waals surface area (Å²) in [5.41, 5.74) is 0. The third kappa shape index (κ3) is 10.7.